The Labute approximate surface area is 208 Å². The third-order valence-corrected chi connectivity index (χ3v) is 6.16. The molecule has 0 fully saturated rings. The van der Waals surface area contributed by atoms with Crippen molar-refractivity contribution in [2.24, 2.45) is 0 Å². The average Bonchev–Trinajstić information content (AvgIpc) is 3.39. The molecule has 37 heavy (non-hydrogen) atoms. The number of nitrogens with zero attached hydrogens (tertiary/aromatic N) is 3. The third-order valence-electron chi connectivity index (χ3n) is 6.16. The van der Waals surface area contributed by atoms with E-state index in [-0.39, 0.29) is 23.4 Å². The number of benzene rings is 3. The van der Waals surface area contributed by atoms with Gasteiger partial charge in [-0.15, -0.1) is 0 Å². The molecule has 2 N–H and O–H groups in total. The Morgan fingerprint density at radius 1 is 1.00 bits per heavy atom. The van der Waals surface area contributed by atoms with Crippen molar-refractivity contribution >= 4 is 33.8 Å². The summed E-state index contributed by atoms with van der Waals surface area (Å²) in [6.45, 7) is 1.93. The standard InChI is InChI=1S/C26H21N5O6/c1-14(16-4-6-17(7-5-16)25(34)36-2)31-24(33)19-12-18(8-10-20(19)28-26(31)35)23(32)27-13-15-3-9-21-22(11-15)30-37-29-21/h3-12,14H,13H2,1-2H3,(H,27,32)(H,28,35). The highest BCUT2D eigenvalue weighted by Crippen LogP contribution is 2.18. The van der Waals surface area contributed by atoms with Gasteiger partial charge in [-0.2, -0.15) is 0 Å². The van der Waals surface area contributed by atoms with Gasteiger partial charge in [0.2, 0.25) is 0 Å². The van der Waals surface area contributed by atoms with Crippen molar-refractivity contribution in [3.63, 3.8) is 0 Å². The number of rotatable bonds is 6. The van der Waals surface area contributed by atoms with Crippen LogP contribution < -0.4 is 16.6 Å². The number of hydrogen-bond donors (Lipinski definition) is 2. The van der Waals surface area contributed by atoms with Crippen LogP contribution in [0.3, 0.4) is 0 Å². The van der Waals surface area contributed by atoms with Gasteiger partial charge >= 0.3 is 11.7 Å². The molecule has 186 valence electrons. The average molecular weight is 499 g/mol. The van der Waals surface area contributed by atoms with Crippen LogP contribution in [-0.2, 0) is 11.3 Å². The van der Waals surface area contributed by atoms with Gasteiger partial charge in [0.25, 0.3) is 11.5 Å². The number of aromatic nitrogens is 4. The Bertz CT molecular complexity index is 1770. The molecule has 1 atom stereocenters. The monoisotopic (exact) mass is 499 g/mol. The lowest BCUT2D eigenvalue weighted by molar-refractivity contribution is 0.0600. The summed E-state index contributed by atoms with van der Waals surface area (Å²) < 4.78 is 10.5. The Hall–Kier alpha value is -5.06. The van der Waals surface area contributed by atoms with Gasteiger partial charge in [0.1, 0.15) is 11.0 Å². The maximum atomic E-state index is 13.4. The van der Waals surface area contributed by atoms with Crippen molar-refractivity contribution in [3.8, 4) is 0 Å². The van der Waals surface area contributed by atoms with E-state index >= 15 is 0 Å². The van der Waals surface area contributed by atoms with Crippen LogP contribution in [0.4, 0.5) is 0 Å². The van der Waals surface area contributed by atoms with E-state index in [0.717, 1.165) is 10.1 Å². The lowest BCUT2D eigenvalue weighted by Gasteiger charge is -2.16. The highest BCUT2D eigenvalue weighted by atomic mass is 16.6. The number of fused-ring (bicyclic) bond motifs is 2. The van der Waals surface area contributed by atoms with Crippen LogP contribution >= 0.6 is 0 Å². The number of esters is 1. The number of amides is 1. The van der Waals surface area contributed by atoms with Crippen molar-refractivity contribution < 1.29 is 19.0 Å². The van der Waals surface area contributed by atoms with E-state index in [1.807, 2.05) is 0 Å². The van der Waals surface area contributed by atoms with E-state index in [2.05, 4.69) is 25.2 Å². The van der Waals surface area contributed by atoms with Crippen LogP contribution in [-0.4, -0.2) is 38.9 Å². The molecule has 0 aliphatic heterocycles. The fourth-order valence-electron chi connectivity index (χ4n) is 4.11. The first-order valence-electron chi connectivity index (χ1n) is 11.3. The number of ether oxygens (including phenoxy) is 1. The number of methoxy groups -OCH3 is 1. The quantitative estimate of drug-likeness (QED) is 0.339. The van der Waals surface area contributed by atoms with Crippen LogP contribution in [0.5, 0.6) is 0 Å². The van der Waals surface area contributed by atoms with Crippen LogP contribution in [0.15, 0.2) is 74.9 Å². The van der Waals surface area contributed by atoms with Gasteiger partial charge in [-0.25, -0.2) is 14.2 Å². The van der Waals surface area contributed by atoms with E-state index in [9.17, 15) is 19.2 Å². The minimum atomic E-state index is -0.634. The summed E-state index contributed by atoms with van der Waals surface area (Å²) >= 11 is 0. The summed E-state index contributed by atoms with van der Waals surface area (Å²) in [4.78, 5) is 53.4. The first-order chi connectivity index (χ1) is 17.9. The van der Waals surface area contributed by atoms with Gasteiger partial charge in [0.15, 0.2) is 0 Å². The molecule has 11 heteroatoms. The molecule has 0 saturated carbocycles. The molecular formula is C26H21N5O6. The second kappa shape index (κ2) is 9.53. The normalized spacial score (nSPS) is 11.9. The summed E-state index contributed by atoms with van der Waals surface area (Å²) in [5.41, 5.74) is 2.45. The predicted octanol–water partition coefficient (Wildman–Crippen LogP) is 2.55. The summed E-state index contributed by atoms with van der Waals surface area (Å²) in [5, 5.41) is 10.5. The SMILES string of the molecule is COC(=O)c1ccc(C(C)n2c(=O)[nH]c3ccc(C(=O)NCc4ccc5nonc5c4)cc3c2=O)cc1. The van der Waals surface area contributed by atoms with Crippen LogP contribution in [0.25, 0.3) is 21.9 Å². The lowest BCUT2D eigenvalue weighted by Crippen LogP contribution is -2.37. The van der Waals surface area contributed by atoms with Crippen molar-refractivity contribution in [1.29, 1.82) is 0 Å². The van der Waals surface area contributed by atoms with E-state index in [0.29, 0.717) is 27.7 Å². The van der Waals surface area contributed by atoms with E-state index in [1.54, 1.807) is 49.4 Å². The molecule has 0 radical (unpaired) electrons. The second-order valence-corrected chi connectivity index (χ2v) is 8.43. The molecule has 0 spiro atoms. The fourth-order valence-corrected chi connectivity index (χ4v) is 4.11. The first kappa shape index (κ1) is 23.7. The van der Waals surface area contributed by atoms with Gasteiger partial charge in [-0.1, -0.05) is 18.2 Å². The maximum Gasteiger partial charge on any atom is 0.337 e. The zero-order valence-electron chi connectivity index (χ0n) is 19.8. The van der Waals surface area contributed by atoms with E-state index in [4.69, 9.17) is 4.74 Å². The predicted molar refractivity (Wildman–Crippen MR) is 133 cm³/mol. The molecule has 11 nitrogen and oxygen atoms in total. The van der Waals surface area contributed by atoms with Gasteiger partial charge in [-0.3, -0.25) is 14.2 Å². The Morgan fingerprint density at radius 3 is 2.49 bits per heavy atom. The Balaban J connectivity index is 1.42. The number of nitrogens with one attached hydrogen (secondary N) is 2. The molecular weight excluding hydrogens is 478 g/mol. The molecule has 0 saturated heterocycles. The van der Waals surface area contributed by atoms with Crippen molar-refractivity contribution in [3.05, 3.63) is 104 Å². The van der Waals surface area contributed by atoms with Crippen molar-refractivity contribution in [2.75, 3.05) is 7.11 Å². The molecule has 2 aromatic heterocycles. The zero-order valence-corrected chi connectivity index (χ0v) is 19.8. The summed E-state index contributed by atoms with van der Waals surface area (Å²) in [5.74, 6) is -0.870. The van der Waals surface area contributed by atoms with E-state index < -0.39 is 23.3 Å². The second-order valence-electron chi connectivity index (χ2n) is 8.43. The molecule has 1 unspecified atom stereocenters. The van der Waals surface area contributed by atoms with Crippen molar-refractivity contribution in [1.82, 2.24) is 25.2 Å². The molecule has 0 aliphatic rings. The zero-order chi connectivity index (χ0) is 26.1. The molecule has 0 aliphatic carbocycles. The Morgan fingerprint density at radius 2 is 1.73 bits per heavy atom. The highest BCUT2D eigenvalue weighted by Gasteiger charge is 2.18. The fraction of sp³-hybridized carbons (Fsp3) is 0.154. The number of carbonyl (C=O) groups excluding carboxylic acids is 2. The summed E-state index contributed by atoms with van der Waals surface area (Å²) in [6, 6.07) is 15.6. The minimum Gasteiger partial charge on any atom is -0.465 e. The number of H-pyrrole nitrogens is 1. The molecule has 1 amide bonds. The van der Waals surface area contributed by atoms with Crippen molar-refractivity contribution in [2.45, 2.75) is 19.5 Å². The summed E-state index contributed by atoms with van der Waals surface area (Å²) in [7, 11) is 1.29. The molecule has 5 aromatic rings. The van der Waals surface area contributed by atoms with Gasteiger partial charge in [0.05, 0.1) is 29.6 Å². The molecule has 5 rings (SSSR count). The number of hydrogen-bond acceptors (Lipinski definition) is 8. The van der Waals surface area contributed by atoms with Crippen LogP contribution in [0, 0.1) is 0 Å². The largest absolute Gasteiger partial charge is 0.465 e. The minimum absolute atomic E-state index is 0.195. The Kier molecular flexibility index (Phi) is 6.10. The molecule has 2 heterocycles. The number of aromatic amines is 1. The van der Waals surface area contributed by atoms with Gasteiger partial charge in [0, 0.05) is 12.1 Å². The first-order valence-corrected chi connectivity index (χ1v) is 11.3. The topological polar surface area (TPSA) is 149 Å². The third kappa shape index (κ3) is 4.49. The molecule has 0 bridgehead atoms. The maximum absolute atomic E-state index is 13.4. The smallest absolute Gasteiger partial charge is 0.337 e. The highest BCUT2D eigenvalue weighted by molar-refractivity contribution is 5.97. The number of carbonyl (C=O) groups is 2. The van der Waals surface area contributed by atoms with Crippen LogP contribution in [0.1, 0.15) is 44.8 Å². The van der Waals surface area contributed by atoms with Gasteiger partial charge < -0.3 is 15.0 Å². The van der Waals surface area contributed by atoms with E-state index in [1.165, 1.54) is 25.3 Å². The molecule has 3 aromatic carbocycles. The lowest BCUT2D eigenvalue weighted by atomic mass is 10.1. The van der Waals surface area contributed by atoms with Gasteiger partial charge in [-0.05, 0) is 70.8 Å². The summed E-state index contributed by atoms with van der Waals surface area (Å²) in [6.07, 6.45) is 0. The van der Waals surface area contributed by atoms with Crippen LogP contribution in [0.2, 0.25) is 0 Å².